The summed E-state index contributed by atoms with van der Waals surface area (Å²) in [6.07, 6.45) is 5.92. The second kappa shape index (κ2) is 12.2. The van der Waals surface area contributed by atoms with E-state index in [1.807, 2.05) is 18.2 Å². The fraction of sp³-hybridized carbons (Fsp3) is 0.667. The van der Waals surface area contributed by atoms with Crippen LogP contribution in [0, 0.1) is 5.41 Å². The lowest BCUT2D eigenvalue weighted by atomic mass is 9.68. The number of ether oxygens (including phenoxy) is 1. The monoisotopic (exact) mass is 555 g/mol. The fourth-order valence-corrected chi connectivity index (χ4v) is 4.85. The van der Waals surface area contributed by atoms with Crippen LogP contribution in [0.1, 0.15) is 44.6 Å². The molecule has 3 aliphatic rings. The van der Waals surface area contributed by atoms with Crippen LogP contribution in [0.25, 0.3) is 0 Å². The van der Waals surface area contributed by atoms with E-state index in [4.69, 9.17) is 9.73 Å². The lowest BCUT2D eigenvalue weighted by Gasteiger charge is -2.38. The van der Waals surface area contributed by atoms with Crippen molar-refractivity contribution in [2.45, 2.75) is 45.6 Å². The first-order valence-electron chi connectivity index (χ1n) is 11.9. The molecule has 1 aromatic carbocycles. The number of hydrogen-bond acceptors (Lipinski definition) is 4. The minimum atomic E-state index is 0. The Morgan fingerprint density at radius 2 is 2.00 bits per heavy atom. The number of amides is 1. The highest BCUT2D eigenvalue weighted by molar-refractivity contribution is 14.0. The van der Waals surface area contributed by atoms with Gasteiger partial charge < -0.3 is 20.3 Å². The molecule has 1 spiro atoms. The summed E-state index contributed by atoms with van der Waals surface area (Å²) in [5.74, 6) is 1.08. The number of carbonyl (C=O) groups is 1. The number of nitrogens with one attached hydrogen (secondary N) is 2. The van der Waals surface area contributed by atoms with Gasteiger partial charge in [-0.25, -0.2) is 4.99 Å². The molecule has 2 saturated heterocycles. The number of aliphatic imine (C=N–C) groups is 1. The van der Waals surface area contributed by atoms with Gasteiger partial charge in [-0.15, -0.1) is 24.0 Å². The molecule has 32 heavy (non-hydrogen) atoms. The maximum atomic E-state index is 12.4. The SMILES string of the molecule is CCNC(=NCc1cccc(NC(=O)CCN2CCOCC2)c1)N1CCC2(CCC2)C1.I. The zero-order valence-electron chi connectivity index (χ0n) is 19.3. The third-order valence-corrected chi connectivity index (χ3v) is 6.87. The molecular formula is C24H38IN5O2. The second-order valence-electron chi connectivity index (χ2n) is 9.15. The van der Waals surface area contributed by atoms with E-state index in [2.05, 4.69) is 33.4 Å². The van der Waals surface area contributed by atoms with E-state index in [9.17, 15) is 4.79 Å². The van der Waals surface area contributed by atoms with Crippen LogP contribution in [0.5, 0.6) is 0 Å². The normalized spacial score (nSPS) is 20.5. The highest BCUT2D eigenvalue weighted by Crippen LogP contribution is 2.47. The lowest BCUT2D eigenvalue weighted by molar-refractivity contribution is -0.116. The van der Waals surface area contributed by atoms with E-state index in [-0.39, 0.29) is 29.9 Å². The van der Waals surface area contributed by atoms with Gasteiger partial charge in [-0.2, -0.15) is 0 Å². The van der Waals surface area contributed by atoms with Gasteiger partial charge in [0.05, 0.1) is 19.8 Å². The second-order valence-corrected chi connectivity index (χ2v) is 9.15. The standard InChI is InChI=1S/C24H37N5O2.HI/c1-2-25-23(29-12-10-24(19-29)8-4-9-24)26-18-20-5-3-6-21(17-20)27-22(30)7-11-28-13-15-31-16-14-28;/h3,5-6,17H,2,4,7-16,18-19H2,1H3,(H,25,26)(H,27,30);1H. The molecule has 1 aliphatic carbocycles. The molecular weight excluding hydrogens is 517 g/mol. The van der Waals surface area contributed by atoms with E-state index < -0.39 is 0 Å². The molecule has 0 atom stereocenters. The van der Waals surface area contributed by atoms with Crippen molar-refractivity contribution in [3.05, 3.63) is 29.8 Å². The summed E-state index contributed by atoms with van der Waals surface area (Å²) in [5.41, 5.74) is 2.51. The molecule has 2 aliphatic heterocycles. The van der Waals surface area contributed by atoms with Crippen molar-refractivity contribution >= 4 is 41.5 Å². The highest BCUT2D eigenvalue weighted by atomic mass is 127. The van der Waals surface area contributed by atoms with E-state index >= 15 is 0 Å². The number of halogens is 1. The van der Waals surface area contributed by atoms with Gasteiger partial charge in [-0.3, -0.25) is 9.69 Å². The molecule has 1 amide bonds. The number of anilines is 1. The van der Waals surface area contributed by atoms with Crippen LogP contribution in [0.4, 0.5) is 5.69 Å². The topological polar surface area (TPSA) is 69.2 Å². The van der Waals surface area contributed by atoms with Crippen LogP contribution < -0.4 is 10.6 Å². The number of morpholine rings is 1. The molecule has 0 unspecified atom stereocenters. The smallest absolute Gasteiger partial charge is 0.225 e. The van der Waals surface area contributed by atoms with E-state index in [0.717, 1.165) is 69.7 Å². The number of nitrogens with zero attached hydrogens (tertiary/aromatic N) is 3. The van der Waals surface area contributed by atoms with Gasteiger partial charge in [-0.1, -0.05) is 18.6 Å². The molecule has 1 saturated carbocycles. The van der Waals surface area contributed by atoms with Gasteiger partial charge in [-0.05, 0) is 49.3 Å². The number of guanidine groups is 1. The van der Waals surface area contributed by atoms with E-state index in [1.54, 1.807) is 0 Å². The first kappa shape index (κ1) is 25.2. The van der Waals surface area contributed by atoms with Crippen LogP contribution in [-0.2, 0) is 16.1 Å². The summed E-state index contributed by atoms with van der Waals surface area (Å²) in [7, 11) is 0. The Hall–Kier alpha value is -1.39. The Kier molecular flexibility index (Phi) is 9.61. The molecule has 2 heterocycles. The van der Waals surface area contributed by atoms with Crippen LogP contribution >= 0.6 is 24.0 Å². The maximum absolute atomic E-state index is 12.4. The fourth-order valence-electron chi connectivity index (χ4n) is 4.85. The minimum Gasteiger partial charge on any atom is -0.379 e. The lowest BCUT2D eigenvalue weighted by Crippen LogP contribution is -2.42. The maximum Gasteiger partial charge on any atom is 0.225 e. The third kappa shape index (κ3) is 6.81. The van der Waals surface area contributed by atoms with Crippen molar-refractivity contribution in [2.75, 3.05) is 57.8 Å². The number of rotatable bonds is 7. The number of hydrogen-bond donors (Lipinski definition) is 2. The molecule has 8 heteroatoms. The van der Waals surface area contributed by atoms with Crippen molar-refractivity contribution in [1.82, 2.24) is 15.1 Å². The Bertz CT molecular complexity index is 777. The average Bonchev–Trinajstić information content (AvgIpc) is 3.23. The highest BCUT2D eigenvalue weighted by Gasteiger charge is 2.43. The van der Waals surface area contributed by atoms with Gasteiger partial charge >= 0.3 is 0 Å². The first-order chi connectivity index (χ1) is 15.2. The number of likely N-dealkylation sites (tertiary alicyclic amines) is 1. The van der Waals surface area contributed by atoms with Gasteiger partial charge in [0.15, 0.2) is 5.96 Å². The minimum absolute atomic E-state index is 0. The van der Waals surface area contributed by atoms with Crippen molar-refractivity contribution in [2.24, 2.45) is 10.4 Å². The number of benzene rings is 1. The van der Waals surface area contributed by atoms with E-state index in [0.29, 0.717) is 18.4 Å². The Labute approximate surface area is 209 Å². The molecule has 0 bridgehead atoms. The molecule has 178 valence electrons. The van der Waals surface area contributed by atoms with Gasteiger partial charge in [0, 0.05) is 51.4 Å². The molecule has 3 fully saturated rings. The van der Waals surface area contributed by atoms with Crippen LogP contribution in [-0.4, -0.2) is 74.1 Å². The molecule has 1 aromatic rings. The summed E-state index contributed by atoms with van der Waals surface area (Å²) in [6.45, 7) is 9.98. The average molecular weight is 556 g/mol. The Balaban J connectivity index is 0.00000289. The third-order valence-electron chi connectivity index (χ3n) is 6.87. The van der Waals surface area contributed by atoms with Crippen molar-refractivity contribution in [1.29, 1.82) is 0 Å². The predicted octanol–water partition coefficient (Wildman–Crippen LogP) is 3.31. The van der Waals surface area contributed by atoms with Crippen molar-refractivity contribution in [3.63, 3.8) is 0 Å². The van der Waals surface area contributed by atoms with Gasteiger partial charge in [0.25, 0.3) is 0 Å². The van der Waals surface area contributed by atoms with Gasteiger partial charge in [0.1, 0.15) is 0 Å². The Morgan fingerprint density at radius 3 is 2.69 bits per heavy atom. The zero-order chi connectivity index (χ0) is 21.5. The zero-order valence-corrected chi connectivity index (χ0v) is 21.6. The summed E-state index contributed by atoms with van der Waals surface area (Å²) < 4.78 is 5.36. The van der Waals surface area contributed by atoms with Gasteiger partial charge in [0.2, 0.25) is 5.91 Å². The molecule has 4 rings (SSSR count). The molecule has 0 radical (unpaired) electrons. The summed E-state index contributed by atoms with van der Waals surface area (Å²) >= 11 is 0. The largest absolute Gasteiger partial charge is 0.379 e. The summed E-state index contributed by atoms with van der Waals surface area (Å²) in [4.78, 5) is 22.0. The summed E-state index contributed by atoms with van der Waals surface area (Å²) in [5, 5.41) is 6.51. The quantitative estimate of drug-likeness (QED) is 0.307. The van der Waals surface area contributed by atoms with Crippen LogP contribution in [0.3, 0.4) is 0 Å². The van der Waals surface area contributed by atoms with Crippen molar-refractivity contribution in [3.8, 4) is 0 Å². The van der Waals surface area contributed by atoms with Crippen LogP contribution in [0.2, 0.25) is 0 Å². The Morgan fingerprint density at radius 1 is 1.19 bits per heavy atom. The summed E-state index contributed by atoms with van der Waals surface area (Å²) in [6, 6.07) is 8.06. The number of carbonyl (C=O) groups excluding carboxylic acids is 1. The van der Waals surface area contributed by atoms with Crippen LogP contribution in [0.15, 0.2) is 29.3 Å². The van der Waals surface area contributed by atoms with Crippen molar-refractivity contribution < 1.29 is 9.53 Å². The predicted molar refractivity (Wildman–Crippen MR) is 140 cm³/mol. The molecule has 2 N–H and O–H groups in total. The molecule has 7 nitrogen and oxygen atoms in total. The molecule has 0 aromatic heterocycles. The van der Waals surface area contributed by atoms with E-state index in [1.165, 1.54) is 25.7 Å². The first-order valence-corrected chi connectivity index (χ1v) is 11.9.